The van der Waals surface area contributed by atoms with Crippen LogP contribution in [0.15, 0.2) is 24.3 Å². The standard InChI is InChI=1S/C14H21NO/c1-10(14(2,3)16)15-9-12-8-11-6-4-5-7-13(11)12/h4-7,10,12,15-16H,8-9H2,1-3H3. The minimum absolute atomic E-state index is 0.125. The van der Waals surface area contributed by atoms with Gasteiger partial charge in [0, 0.05) is 18.5 Å². The molecule has 0 radical (unpaired) electrons. The number of benzene rings is 1. The van der Waals surface area contributed by atoms with Crippen LogP contribution in [0.5, 0.6) is 0 Å². The van der Waals surface area contributed by atoms with Crippen molar-refractivity contribution in [2.24, 2.45) is 0 Å². The summed E-state index contributed by atoms with van der Waals surface area (Å²) < 4.78 is 0. The molecule has 2 unspecified atom stereocenters. The molecule has 2 atom stereocenters. The highest BCUT2D eigenvalue weighted by Crippen LogP contribution is 2.34. The van der Waals surface area contributed by atoms with Crippen molar-refractivity contribution in [2.75, 3.05) is 6.54 Å². The monoisotopic (exact) mass is 219 g/mol. The lowest BCUT2D eigenvalue weighted by molar-refractivity contribution is 0.0436. The van der Waals surface area contributed by atoms with E-state index in [1.165, 1.54) is 17.5 Å². The van der Waals surface area contributed by atoms with Gasteiger partial charge >= 0.3 is 0 Å². The van der Waals surface area contributed by atoms with Crippen molar-refractivity contribution >= 4 is 0 Å². The van der Waals surface area contributed by atoms with Crippen LogP contribution < -0.4 is 5.32 Å². The Balaban J connectivity index is 1.86. The van der Waals surface area contributed by atoms with Gasteiger partial charge in [-0.15, -0.1) is 0 Å². The summed E-state index contributed by atoms with van der Waals surface area (Å²) in [5, 5.41) is 13.2. The SMILES string of the molecule is CC(NCC1Cc2ccccc21)C(C)(C)O. The van der Waals surface area contributed by atoms with E-state index in [-0.39, 0.29) is 6.04 Å². The minimum Gasteiger partial charge on any atom is -0.389 e. The summed E-state index contributed by atoms with van der Waals surface area (Å²) in [6.45, 7) is 6.69. The Kier molecular flexibility index (Phi) is 3.04. The number of nitrogens with one attached hydrogen (secondary N) is 1. The highest BCUT2D eigenvalue weighted by Gasteiger charge is 2.27. The van der Waals surface area contributed by atoms with Crippen LogP contribution in [0.3, 0.4) is 0 Å². The number of aliphatic hydroxyl groups is 1. The zero-order valence-corrected chi connectivity index (χ0v) is 10.3. The average Bonchev–Trinajstić information content (AvgIpc) is 2.17. The molecule has 2 nitrogen and oxygen atoms in total. The van der Waals surface area contributed by atoms with E-state index in [4.69, 9.17) is 0 Å². The Morgan fingerprint density at radius 1 is 1.44 bits per heavy atom. The molecule has 0 saturated heterocycles. The molecule has 0 heterocycles. The van der Waals surface area contributed by atoms with Crippen LogP contribution in [0, 0.1) is 0 Å². The van der Waals surface area contributed by atoms with Gasteiger partial charge in [0.05, 0.1) is 5.60 Å². The highest BCUT2D eigenvalue weighted by molar-refractivity contribution is 5.40. The molecule has 0 bridgehead atoms. The van der Waals surface area contributed by atoms with Crippen LogP contribution in [0.2, 0.25) is 0 Å². The molecule has 2 rings (SSSR count). The molecule has 0 fully saturated rings. The van der Waals surface area contributed by atoms with E-state index in [0.717, 1.165) is 6.54 Å². The lowest BCUT2D eigenvalue weighted by atomic mass is 9.77. The molecule has 1 aliphatic rings. The highest BCUT2D eigenvalue weighted by atomic mass is 16.3. The lowest BCUT2D eigenvalue weighted by Crippen LogP contribution is -2.46. The molecule has 1 aliphatic carbocycles. The molecule has 0 aromatic heterocycles. The van der Waals surface area contributed by atoms with Crippen LogP contribution in [0.4, 0.5) is 0 Å². The van der Waals surface area contributed by atoms with Crippen molar-refractivity contribution in [1.82, 2.24) is 5.32 Å². The Bertz CT molecular complexity index is 367. The van der Waals surface area contributed by atoms with Gasteiger partial charge < -0.3 is 10.4 Å². The topological polar surface area (TPSA) is 32.3 Å². The van der Waals surface area contributed by atoms with Gasteiger partial charge in [-0.1, -0.05) is 24.3 Å². The predicted molar refractivity (Wildman–Crippen MR) is 66.6 cm³/mol. The second-order valence-electron chi connectivity index (χ2n) is 5.38. The van der Waals surface area contributed by atoms with E-state index >= 15 is 0 Å². The zero-order valence-electron chi connectivity index (χ0n) is 10.3. The van der Waals surface area contributed by atoms with Crippen molar-refractivity contribution in [2.45, 2.75) is 44.8 Å². The molecule has 16 heavy (non-hydrogen) atoms. The van der Waals surface area contributed by atoms with Gasteiger partial charge in [-0.2, -0.15) is 0 Å². The van der Waals surface area contributed by atoms with Gasteiger partial charge in [0.15, 0.2) is 0 Å². The first-order valence-corrected chi connectivity index (χ1v) is 6.02. The smallest absolute Gasteiger partial charge is 0.0741 e. The number of hydrogen-bond donors (Lipinski definition) is 2. The Labute approximate surface area is 97.7 Å². The van der Waals surface area contributed by atoms with Gasteiger partial charge in [-0.05, 0) is 38.3 Å². The molecular weight excluding hydrogens is 198 g/mol. The maximum Gasteiger partial charge on any atom is 0.0741 e. The third kappa shape index (κ3) is 2.28. The van der Waals surface area contributed by atoms with Crippen molar-refractivity contribution in [1.29, 1.82) is 0 Å². The quantitative estimate of drug-likeness (QED) is 0.812. The largest absolute Gasteiger partial charge is 0.389 e. The van der Waals surface area contributed by atoms with Crippen molar-refractivity contribution in [3.05, 3.63) is 35.4 Å². The third-order valence-corrected chi connectivity index (χ3v) is 3.69. The van der Waals surface area contributed by atoms with Crippen molar-refractivity contribution in [3.63, 3.8) is 0 Å². The average molecular weight is 219 g/mol. The molecule has 0 aliphatic heterocycles. The molecule has 2 N–H and O–H groups in total. The van der Waals surface area contributed by atoms with Gasteiger partial charge in [-0.3, -0.25) is 0 Å². The fourth-order valence-electron chi connectivity index (χ4n) is 2.11. The minimum atomic E-state index is -0.650. The van der Waals surface area contributed by atoms with E-state index in [0.29, 0.717) is 5.92 Å². The Morgan fingerprint density at radius 3 is 2.75 bits per heavy atom. The fraction of sp³-hybridized carbons (Fsp3) is 0.571. The number of hydrogen-bond acceptors (Lipinski definition) is 2. The van der Waals surface area contributed by atoms with E-state index in [2.05, 4.69) is 29.6 Å². The van der Waals surface area contributed by atoms with Crippen LogP contribution in [-0.4, -0.2) is 23.3 Å². The Morgan fingerprint density at radius 2 is 2.12 bits per heavy atom. The second-order valence-corrected chi connectivity index (χ2v) is 5.38. The molecule has 1 aromatic rings. The van der Waals surface area contributed by atoms with E-state index in [9.17, 15) is 5.11 Å². The van der Waals surface area contributed by atoms with E-state index in [1.807, 2.05) is 20.8 Å². The maximum absolute atomic E-state index is 9.82. The molecule has 88 valence electrons. The number of rotatable bonds is 4. The lowest BCUT2D eigenvalue weighted by Gasteiger charge is -2.34. The van der Waals surface area contributed by atoms with Gasteiger partial charge in [0.1, 0.15) is 0 Å². The van der Waals surface area contributed by atoms with Crippen LogP contribution in [0.25, 0.3) is 0 Å². The van der Waals surface area contributed by atoms with Gasteiger partial charge in [0.2, 0.25) is 0 Å². The van der Waals surface area contributed by atoms with Gasteiger partial charge in [0.25, 0.3) is 0 Å². The summed E-state index contributed by atoms with van der Waals surface area (Å²) in [5.41, 5.74) is 2.30. The summed E-state index contributed by atoms with van der Waals surface area (Å²) in [6.07, 6.45) is 1.17. The third-order valence-electron chi connectivity index (χ3n) is 3.69. The molecule has 1 aromatic carbocycles. The van der Waals surface area contributed by atoms with Crippen LogP contribution >= 0.6 is 0 Å². The molecule has 2 heteroatoms. The van der Waals surface area contributed by atoms with Crippen LogP contribution in [0.1, 0.15) is 37.8 Å². The predicted octanol–water partition coefficient (Wildman–Crippen LogP) is 2.08. The molecule has 0 spiro atoms. The molecule has 0 saturated carbocycles. The maximum atomic E-state index is 9.82. The summed E-state index contributed by atoms with van der Waals surface area (Å²) in [5.74, 6) is 0.626. The summed E-state index contributed by atoms with van der Waals surface area (Å²) in [4.78, 5) is 0. The second kappa shape index (κ2) is 4.19. The molecular formula is C14H21NO. The first-order valence-electron chi connectivity index (χ1n) is 6.02. The summed E-state index contributed by atoms with van der Waals surface area (Å²) >= 11 is 0. The van der Waals surface area contributed by atoms with Crippen LogP contribution in [-0.2, 0) is 6.42 Å². The normalized spacial score (nSPS) is 21.1. The number of fused-ring (bicyclic) bond motifs is 1. The van der Waals surface area contributed by atoms with E-state index in [1.54, 1.807) is 0 Å². The summed E-state index contributed by atoms with van der Waals surface area (Å²) in [6, 6.07) is 8.73. The fourth-order valence-corrected chi connectivity index (χ4v) is 2.11. The first kappa shape index (κ1) is 11.6. The Hall–Kier alpha value is -0.860. The van der Waals surface area contributed by atoms with Crippen molar-refractivity contribution in [3.8, 4) is 0 Å². The summed E-state index contributed by atoms with van der Waals surface area (Å²) in [7, 11) is 0. The first-order chi connectivity index (χ1) is 7.48. The van der Waals surface area contributed by atoms with Gasteiger partial charge in [-0.25, -0.2) is 0 Å². The van der Waals surface area contributed by atoms with E-state index < -0.39 is 5.60 Å². The molecule has 0 amide bonds. The van der Waals surface area contributed by atoms with Crippen molar-refractivity contribution < 1.29 is 5.11 Å². The zero-order chi connectivity index (χ0) is 11.8.